The topological polar surface area (TPSA) is 213 Å². The summed E-state index contributed by atoms with van der Waals surface area (Å²) in [4.78, 5) is 32.1. The first-order valence-corrected chi connectivity index (χ1v) is 26.5. The van der Waals surface area contributed by atoms with Crippen LogP contribution >= 0.6 is 0 Å². The van der Waals surface area contributed by atoms with Crippen LogP contribution in [0.2, 0.25) is 0 Å². The molecule has 4 fully saturated rings. The lowest BCUT2D eigenvalue weighted by Crippen LogP contribution is -2.37. The van der Waals surface area contributed by atoms with E-state index in [1.807, 2.05) is 69.3 Å². The van der Waals surface area contributed by atoms with E-state index in [0.717, 1.165) is 123 Å². The summed E-state index contributed by atoms with van der Waals surface area (Å²) in [5.41, 5.74) is 6.98. The Hall–Kier alpha value is -7.84. The molecule has 0 radical (unpaired) electrons. The number of benzene rings is 4. The van der Waals surface area contributed by atoms with Gasteiger partial charge in [-0.15, -0.1) is 0 Å². The first-order valence-electron chi connectivity index (χ1n) is 26.5. The third-order valence-electron chi connectivity index (χ3n) is 14.2. The predicted molar refractivity (Wildman–Crippen MR) is 286 cm³/mol. The van der Waals surface area contributed by atoms with Gasteiger partial charge in [-0.25, -0.2) is 18.4 Å². The van der Waals surface area contributed by atoms with E-state index < -0.39 is 17.3 Å². The maximum Gasteiger partial charge on any atom is 0.439 e. The zero-order valence-electron chi connectivity index (χ0n) is 43.5. The van der Waals surface area contributed by atoms with Gasteiger partial charge in [-0.1, -0.05) is 46.6 Å². The molecule has 20 heteroatoms. The number of aromatic amines is 2. The number of rotatable bonds is 17. The average Bonchev–Trinajstić information content (AvgIpc) is 4.33. The predicted octanol–water partition coefficient (Wildman–Crippen LogP) is 11.7. The van der Waals surface area contributed by atoms with Crippen LogP contribution in [0.25, 0.3) is 45.3 Å². The minimum absolute atomic E-state index is 0. The molecule has 2 N–H and O–H groups in total. The van der Waals surface area contributed by atoms with E-state index in [2.05, 4.69) is 49.4 Å². The third-order valence-corrected chi connectivity index (χ3v) is 14.2. The zero-order valence-corrected chi connectivity index (χ0v) is 43.5. The fourth-order valence-corrected chi connectivity index (χ4v) is 9.90. The molecule has 2 aliphatic carbocycles. The van der Waals surface area contributed by atoms with Gasteiger partial charge in [-0.3, -0.25) is 19.0 Å². The van der Waals surface area contributed by atoms with Crippen LogP contribution in [0, 0.1) is 11.6 Å². The highest BCUT2D eigenvalue weighted by molar-refractivity contribution is 5.72. The highest BCUT2D eigenvalue weighted by Gasteiger charge is 2.36. The van der Waals surface area contributed by atoms with Crippen molar-refractivity contribution >= 4 is 11.4 Å². The van der Waals surface area contributed by atoms with Gasteiger partial charge in [-0.05, 0) is 131 Å². The van der Waals surface area contributed by atoms with Crippen LogP contribution in [0.3, 0.4) is 0 Å². The molecule has 2 saturated carbocycles. The lowest BCUT2D eigenvalue weighted by molar-refractivity contribution is 0.0245. The number of nitrogens with one attached hydrogen (secondary N) is 2. The molecule has 0 atom stereocenters. The molecule has 12 rings (SSSR count). The summed E-state index contributed by atoms with van der Waals surface area (Å²) in [6, 6.07) is 25.3. The molecular weight excluding hydrogens is 995 g/mol. The average molecular weight is 1060 g/mol. The summed E-state index contributed by atoms with van der Waals surface area (Å²) in [5, 5.41) is 16.0. The van der Waals surface area contributed by atoms with E-state index in [9.17, 15) is 18.4 Å². The number of H-pyrrole nitrogens is 2. The Morgan fingerprint density at radius 3 is 1.36 bits per heavy atom. The van der Waals surface area contributed by atoms with Crippen molar-refractivity contribution in [3.63, 3.8) is 0 Å². The van der Waals surface area contributed by atoms with Crippen molar-refractivity contribution in [2.45, 2.75) is 109 Å². The second-order valence-electron chi connectivity index (χ2n) is 19.1. The lowest BCUT2D eigenvalue weighted by atomic mass is 10.0. The lowest BCUT2D eigenvalue weighted by Gasteiger charge is -2.33. The summed E-state index contributed by atoms with van der Waals surface area (Å²) in [6.07, 6.45) is 7.77. The molecule has 0 spiro atoms. The number of aromatic nitrogens is 6. The maximum atomic E-state index is 15.0. The van der Waals surface area contributed by atoms with Gasteiger partial charge in [-0.2, -0.15) is 0 Å². The second kappa shape index (κ2) is 24.0. The van der Waals surface area contributed by atoms with Crippen LogP contribution in [0.4, 0.5) is 20.2 Å². The number of piperidine rings is 2. The molecule has 0 bridgehead atoms. The summed E-state index contributed by atoms with van der Waals surface area (Å²) >= 11 is 0. The van der Waals surface area contributed by atoms with Gasteiger partial charge in [0.05, 0.1) is 50.3 Å². The second-order valence-corrected chi connectivity index (χ2v) is 19.1. The molecule has 408 valence electrons. The van der Waals surface area contributed by atoms with Gasteiger partial charge in [0.1, 0.15) is 46.0 Å². The Balaban J connectivity index is 0.000000197. The van der Waals surface area contributed by atoms with Crippen LogP contribution < -0.4 is 30.8 Å². The number of methoxy groups -OCH3 is 1. The van der Waals surface area contributed by atoms with Crippen LogP contribution in [0.15, 0.2) is 113 Å². The Morgan fingerprint density at radius 2 is 0.987 bits per heavy atom. The quantitative estimate of drug-likeness (QED) is 0.0867. The smallest absolute Gasteiger partial charge is 0.439 e. The van der Waals surface area contributed by atoms with E-state index in [-0.39, 0.29) is 20.9 Å². The number of ether oxygens (including phenoxy) is 4. The Morgan fingerprint density at radius 1 is 0.571 bits per heavy atom. The Bertz CT molecular complexity index is 3340. The van der Waals surface area contributed by atoms with Crippen molar-refractivity contribution < 1.29 is 48.7 Å². The molecule has 18 nitrogen and oxygen atoms in total. The van der Waals surface area contributed by atoms with Crippen molar-refractivity contribution in [1.29, 1.82) is 0 Å². The van der Waals surface area contributed by atoms with Crippen molar-refractivity contribution in [2.24, 2.45) is 0 Å². The van der Waals surface area contributed by atoms with Crippen LogP contribution in [-0.2, 0) is 22.7 Å². The molecule has 0 unspecified atom stereocenters. The van der Waals surface area contributed by atoms with Gasteiger partial charge >= 0.3 is 11.5 Å². The van der Waals surface area contributed by atoms with Crippen molar-refractivity contribution in [2.75, 3.05) is 49.7 Å². The number of anilines is 2. The summed E-state index contributed by atoms with van der Waals surface area (Å²) in [7, 11) is 1.52. The number of hydrogen-bond donors (Lipinski definition) is 2. The Kier molecular flexibility index (Phi) is 16.4. The zero-order chi connectivity index (χ0) is 53.4. The largest absolute Gasteiger partial charge is 0.496 e. The third kappa shape index (κ3) is 12.1. The van der Waals surface area contributed by atoms with E-state index in [4.69, 9.17) is 28.0 Å². The van der Waals surface area contributed by atoms with Gasteiger partial charge < -0.3 is 37.8 Å². The first-order chi connectivity index (χ1) is 37.7. The summed E-state index contributed by atoms with van der Waals surface area (Å²) < 4.78 is 74.2. The molecule has 4 aromatic heterocycles. The van der Waals surface area contributed by atoms with E-state index in [0.29, 0.717) is 77.3 Å². The van der Waals surface area contributed by atoms with Crippen molar-refractivity contribution in [3.05, 3.63) is 140 Å². The van der Waals surface area contributed by atoms with Crippen molar-refractivity contribution in [3.8, 4) is 56.8 Å². The van der Waals surface area contributed by atoms with E-state index in [1.165, 1.54) is 19.2 Å². The molecular formula is C57H66F2N8O10. The van der Waals surface area contributed by atoms with E-state index in [1.54, 1.807) is 24.3 Å². The molecule has 4 aromatic carbocycles. The minimum atomic E-state index is -0.572. The van der Waals surface area contributed by atoms with E-state index >= 15 is 0 Å². The van der Waals surface area contributed by atoms with Crippen LogP contribution in [0.5, 0.6) is 11.5 Å². The molecule has 6 heterocycles. The standard InChI is InChI=1S/C28H29FN4O5.C27H27FN4O5.C2H6.2H2/c1-2-35-23-5-3-4-22(29)24(23)25-21(26(37-31-25)17-6-7-17)16-36-20-12-14-33(15-13-20)19-10-8-18(9-11-19)27-30-28(34)38-32-27;1-34-22-4-2-3-21(28)23(22)24-20(25(36-30-24)16-5-6-16)15-35-19-11-13-32(14-12-19)18-9-7-17(8-10-18)26-29-27(33)37-31-26;1-2;;/h3-5,8-11,17,20H,2,6-7,12-16H2,1H3,(H,30,32,34);2-4,7-10,16,19H,5-6,11-15H2,1H3,(H,29,31,33);1-2H3;2*1H. The normalized spacial score (nSPS) is 15.9. The monoisotopic (exact) mass is 1060 g/mol. The van der Waals surface area contributed by atoms with Gasteiger partial charge in [0.15, 0.2) is 11.6 Å². The number of hydrogen-bond acceptors (Lipinski definition) is 16. The van der Waals surface area contributed by atoms with Crippen LogP contribution in [-0.4, -0.2) is 82.7 Å². The van der Waals surface area contributed by atoms with Gasteiger partial charge in [0.25, 0.3) is 0 Å². The van der Waals surface area contributed by atoms with Crippen molar-refractivity contribution in [1.82, 2.24) is 30.6 Å². The van der Waals surface area contributed by atoms with Gasteiger partial charge in [0, 0.05) is 74.5 Å². The number of nitrogens with zero attached hydrogens (tertiary/aromatic N) is 6. The first kappa shape index (κ1) is 52.6. The fourth-order valence-electron chi connectivity index (χ4n) is 9.90. The summed E-state index contributed by atoms with van der Waals surface area (Å²) in [6.45, 7) is 10.3. The molecule has 2 saturated heterocycles. The maximum absolute atomic E-state index is 15.0. The van der Waals surface area contributed by atoms with Gasteiger partial charge in [0.2, 0.25) is 0 Å². The summed E-state index contributed by atoms with van der Waals surface area (Å²) in [5.74, 6) is 2.01. The molecule has 77 heavy (non-hydrogen) atoms. The number of halogens is 2. The Labute approximate surface area is 445 Å². The molecule has 0 amide bonds. The highest BCUT2D eigenvalue weighted by Crippen LogP contribution is 2.47. The molecule has 2 aliphatic heterocycles. The molecule has 4 aliphatic rings. The highest BCUT2D eigenvalue weighted by atomic mass is 19.1. The fraction of sp³-hybridized carbons (Fsp3) is 0.404. The molecule has 8 aromatic rings. The van der Waals surface area contributed by atoms with Crippen LogP contribution in [0.1, 0.15) is 109 Å². The minimum Gasteiger partial charge on any atom is -0.496 e. The SMILES string of the molecule is CC.CCOc1cccc(F)c1-c1noc(C2CC2)c1COC1CCN(c2ccc(-c3noc(=O)[nH]3)cc2)CC1.COc1cccc(F)c1-c1noc(C2CC2)c1COC1CCN(c2ccc(-c3noc(=O)[nH]3)cc2)CC1.[HH].[HH].